The number of hydrogen-bond donors (Lipinski definition) is 2. The quantitative estimate of drug-likeness (QED) is 0.175. The average Bonchev–Trinajstić information content (AvgIpc) is 3.58. The lowest BCUT2D eigenvalue weighted by Crippen LogP contribution is -1.96. The van der Waals surface area contributed by atoms with E-state index in [1.807, 2.05) is 60.1 Å². The Morgan fingerprint density at radius 2 is 1.89 bits per heavy atom. The monoisotopic (exact) mass is 493 g/mol. The summed E-state index contributed by atoms with van der Waals surface area (Å²) in [4.78, 5) is 15.1. The van der Waals surface area contributed by atoms with Gasteiger partial charge in [-0.2, -0.15) is 5.10 Å². The Kier molecular flexibility index (Phi) is 6.73. The van der Waals surface area contributed by atoms with Gasteiger partial charge in [-0.25, -0.2) is 9.78 Å². The zero-order chi connectivity index (χ0) is 24.9. The molecule has 0 spiro atoms. The number of carbonyl (C=O) groups is 1. The van der Waals surface area contributed by atoms with Gasteiger partial charge >= 0.3 is 5.97 Å². The number of aromatic amines is 1. The fourth-order valence-corrected chi connectivity index (χ4v) is 4.68. The van der Waals surface area contributed by atoms with E-state index < -0.39 is 5.97 Å². The van der Waals surface area contributed by atoms with Crippen molar-refractivity contribution in [2.24, 2.45) is 0 Å². The number of nitrogens with zero attached hydrogens (tertiary/aromatic N) is 2. The van der Waals surface area contributed by atoms with Gasteiger partial charge in [0.1, 0.15) is 5.75 Å². The Bertz CT molecular complexity index is 1570. The molecule has 178 valence electrons. The Morgan fingerprint density at radius 1 is 1.06 bits per heavy atom. The molecular formula is C29H23N3O3S. The number of allylic oxidation sites excluding steroid dienone is 1. The summed E-state index contributed by atoms with van der Waals surface area (Å²) >= 11 is 1.45. The average molecular weight is 494 g/mol. The van der Waals surface area contributed by atoms with Crippen LogP contribution in [0.2, 0.25) is 0 Å². The van der Waals surface area contributed by atoms with Gasteiger partial charge in [0, 0.05) is 23.0 Å². The van der Waals surface area contributed by atoms with Crippen LogP contribution in [0.15, 0.2) is 90.6 Å². The number of H-pyrrole nitrogens is 1. The van der Waals surface area contributed by atoms with Crippen molar-refractivity contribution in [1.82, 2.24) is 15.2 Å². The van der Waals surface area contributed by atoms with Crippen molar-refractivity contribution in [2.75, 3.05) is 0 Å². The van der Waals surface area contributed by atoms with E-state index in [1.54, 1.807) is 12.3 Å². The van der Waals surface area contributed by atoms with E-state index in [0.29, 0.717) is 5.19 Å². The molecule has 2 N–H and O–H groups in total. The number of nitrogens with one attached hydrogen (secondary N) is 1. The van der Waals surface area contributed by atoms with Gasteiger partial charge in [-0.1, -0.05) is 60.7 Å². The molecule has 3 aromatic carbocycles. The number of ether oxygens (including phenoxy) is 1. The summed E-state index contributed by atoms with van der Waals surface area (Å²) in [6.07, 6.45) is 7.07. The highest BCUT2D eigenvalue weighted by Crippen LogP contribution is 2.37. The Hall–Kier alpha value is -4.49. The van der Waals surface area contributed by atoms with Gasteiger partial charge in [-0.05, 0) is 70.2 Å². The van der Waals surface area contributed by atoms with Crippen LogP contribution >= 0.6 is 11.3 Å². The summed E-state index contributed by atoms with van der Waals surface area (Å²) in [5.41, 5.74) is 7.22. The van der Waals surface area contributed by atoms with E-state index in [9.17, 15) is 4.79 Å². The van der Waals surface area contributed by atoms with Gasteiger partial charge in [0.25, 0.3) is 5.19 Å². The first-order chi connectivity index (χ1) is 17.6. The molecule has 0 aliphatic rings. The number of hydrogen-bond acceptors (Lipinski definition) is 5. The van der Waals surface area contributed by atoms with E-state index in [-0.39, 0.29) is 0 Å². The van der Waals surface area contributed by atoms with Crippen LogP contribution in [0.5, 0.6) is 10.9 Å². The zero-order valence-corrected chi connectivity index (χ0v) is 20.3. The van der Waals surface area contributed by atoms with Crippen LogP contribution < -0.4 is 4.74 Å². The number of thiazole rings is 1. The third-order valence-corrected chi connectivity index (χ3v) is 6.45. The number of fused-ring (bicyclic) bond motifs is 1. The standard InChI is InChI=1S/C29H23N3O3S/c1-2-25(21-4-3-5-24(17-21)35-29-30-14-15-36-29)28(22-11-12-26-23(16-22)18-31-32-26)20-9-6-19(7-10-20)8-13-27(33)34/h3-18H,2H2,1H3,(H,31,32)(H,33,34). The van der Waals surface area contributed by atoms with Crippen molar-refractivity contribution in [3.05, 3.63) is 113 Å². The Balaban J connectivity index is 1.64. The number of carboxylic acids is 1. The fourth-order valence-electron chi connectivity index (χ4n) is 4.18. The lowest BCUT2D eigenvalue weighted by atomic mass is 9.87. The van der Waals surface area contributed by atoms with E-state index in [4.69, 9.17) is 9.84 Å². The maximum Gasteiger partial charge on any atom is 0.328 e. The van der Waals surface area contributed by atoms with Crippen molar-refractivity contribution in [3.8, 4) is 10.9 Å². The summed E-state index contributed by atoms with van der Waals surface area (Å²) in [6.45, 7) is 2.14. The predicted molar refractivity (Wildman–Crippen MR) is 144 cm³/mol. The van der Waals surface area contributed by atoms with Crippen molar-refractivity contribution in [3.63, 3.8) is 0 Å². The molecule has 0 fully saturated rings. The maximum atomic E-state index is 10.9. The first kappa shape index (κ1) is 23.3. The van der Waals surface area contributed by atoms with Gasteiger partial charge in [0.2, 0.25) is 0 Å². The molecule has 0 bridgehead atoms. The minimum Gasteiger partial charge on any atom is -0.478 e. The summed E-state index contributed by atoms with van der Waals surface area (Å²) in [6, 6.07) is 22.2. The number of carboxylic acid groups (broad SMARTS) is 1. The number of aliphatic carboxylic acids is 1. The van der Waals surface area contributed by atoms with Crippen molar-refractivity contribution in [2.45, 2.75) is 13.3 Å². The van der Waals surface area contributed by atoms with Crippen LogP contribution in [0.3, 0.4) is 0 Å². The van der Waals surface area contributed by atoms with Gasteiger partial charge in [0.15, 0.2) is 0 Å². The molecule has 6 nitrogen and oxygen atoms in total. The number of aromatic nitrogens is 3. The minimum absolute atomic E-state index is 0.602. The maximum absolute atomic E-state index is 10.9. The van der Waals surface area contributed by atoms with Crippen LogP contribution in [0.4, 0.5) is 0 Å². The van der Waals surface area contributed by atoms with Crippen LogP contribution in [-0.4, -0.2) is 26.3 Å². The van der Waals surface area contributed by atoms with Crippen LogP contribution in [0.25, 0.3) is 28.1 Å². The second-order valence-corrected chi connectivity index (χ2v) is 8.96. The van der Waals surface area contributed by atoms with Crippen LogP contribution in [-0.2, 0) is 4.79 Å². The molecule has 0 saturated heterocycles. The summed E-state index contributed by atoms with van der Waals surface area (Å²) in [5.74, 6) is -0.242. The van der Waals surface area contributed by atoms with Crippen LogP contribution in [0, 0.1) is 0 Å². The van der Waals surface area contributed by atoms with Crippen molar-refractivity contribution in [1.29, 1.82) is 0 Å². The normalized spacial score (nSPS) is 12.1. The van der Waals surface area contributed by atoms with E-state index in [1.165, 1.54) is 11.3 Å². The molecule has 0 aliphatic heterocycles. The summed E-state index contributed by atoms with van der Waals surface area (Å²) in [5, 5.41) is 19.7. The highest BCUT2D eigenvalue weighted by molar-refractivity contribution is 7.11. The van der Waals surface area contributed by atoms with Gasteiger partial charge in [-0.15, -0.1) is 0 Å². The molecule has 2 heterocycles. The fraction of sp³-hybridized carbons (Fsp3) is 0.0690. The van der Waals surface area contributed by atoms with Gasteiger partial charge in [0.05, 0.1) is 11.7 Å². The lowest BCUT2D eigenvalue weighted by molar-refractivity contribution is -0.131. The molecule has 36 heavy (non-hydrogen) atoms. The lowest BCUT2D eigenvalue weighted by Gasteiger charge is -2.17. The second-order valence-electron chi connectivity index (χ2n) is 8.10. The third kappa shape index (κ3) is 5.11. The molecule has 0 radical (unpaired) electrons. The Labute approximate surface area is 212 Å². The smallest absolute Gasteiger partial charge is 0.328 e. The van der Waals surface area contributed by atoms with Crippen molar-refractivity contribution < 1.29 is 14.6 Å². The first-order valence-electron chi connectivity index (χ1n) is 11.5. The summed E-state index contributed by atoms with van der Waals surface area (Å²) < 4.78 is 5.97. The zero-order valence-electron chi connectivity index (χ0n) is 19.5. The molecule has 0 atom stereocenters. The molecule has 2 aromatic heterocycles. The number of rotatable bonds is 8. The third-order valence-electron chi connectivity index (χ3n) is 5.80. The molecule has 5 aromatic rings. The SMILES string of the molecule is CCC(=C(c1ccc(C=CC(=O)O)cc1)c1ccc2[nH]ncc2c1)c1cccc(Oc2nccs2)c1. The van der Waals surface area contributed by atoms with E-state index in [2.05, 4.69) is 40.3 Å². The Morgan fingerprint density at radius 3 is 2.64 bits per heavy atom. The molecule has 0 unspecified atom stereocenters. The predicted octanol–water partition coefficient (Wildman–Crippen LogP) is 7.28. The highest BCUT2D eigenvalue weighted by Gasteiger charge is 2.15. The van der Waals surface area contributed by atoms with E-state index >= 15 is 0 Å². The molecule has 0 amide bonds. The highest BCUT2D eigenvalue weighted by atomic mass is 32.1. The topological polar surface area (TPSA) is 88.1 Å². The number of benzene rings is 3. The van der Waals surface area contributed by atoms with Crippen LogP contribution in [0.1, 0.15) is 35.6 Å². The van der Waals surface area contributed by atoms with Gasteiger partial charge in [-0.3, -0.25) is 5.10 Å². The molecule has 7 heteroatoms. The molecule has 0 saturated carbocycles. The van der Waals surface area contributed by atoms with E-state index in [0.717, 1.165) is 62.5 Å². The van der Waals surface area contributed by atoms with Gasteiger partial charge < -0.3 is 9.84 Å². The summed E-state index contributed by atoms with van der Waals surface area (Å²) in [7, 11) is 0. The molecular weight excluding hydrogens is 470 g/mol. The minimum atomic E-state index is -0.971. The molecule has 5 rings (SSSR count). The largest absolute Gasteiger partial charge is 0.478 e. The van der Waals surface area contributed by atoms with Crippen molar-refractivity contribution >= 4 is 45.4 Å². The molecule has 0 aliphatic carbocycles. The second kappa shape index (κ2) is 10.4. The first-order valence-corrected chi connectivity index (χ1v) is 12.3.